The molecule has 0 heterocycles. The van der Waals surface area contributed by atoms with Gasteiger partial charge in [0.1, 0.15) is 0 Å². The van der Waals surface area contributed by atoms with Gasteiger partial charge in [-0.15, -0.1) is 0 Å². The van der Waals surface area contributed by atoms with Gasteiger partial charge in [0.2, 0.25) is 0 Å². The highest BCUT2D eigenvalue weighted by Crippen LogP contribution is 2.33. The van der Waals surface area contributed by atoms with Crippen LogP contribution < -0.4 is 0 Å². The van der Waals surface area contributed by atoms with Gasteiger partial charge in [-0.25, -0.2) is 17.6 Å². The lowest BCUT2D eigenvalue weighted by molar-refractivity contribution is -0.140. The first-order chi connectivity index (χ1) is 8.66. The largest absolute Gasteiger partial charge is 0.502 e. The van der Waals surface area contributed by atoms with Crippen LogP contribution in [0.15, 0.2) is 18.9 Å². The molecular weight excluding hydrogens is 297 g/mol. The molecule has 0 fully saturated rings. The molecule has 1 aromatic rings. The highest BCUT2D eigenvalue weighted by molar-refractivity contribution is 5.24. The third kappa shape index (κ3) is 5.47. The summed E-state index contributed by atoms with van der Waals surface area (Å²) in [6, 6.07) is -0.437. The molecule has 9 heteroatoms. The summed E-state index contributed by atoms with van der Waals surface area (Å²) in [5.74, 6) is -9.28. The van der Waals surface area contributed by atoms with Crippen LogP contribution in [-0.2, 0) is 10.9 Å². The van der Waals surface area contributed by atoms with E-state index in [1.54, 1.807) is 0 Å². The van der Waals surface area contributed by atoms with E-state index < -0.39 is 41.1 Å². The highest BCUT2D eigenvalue weighted by atomic mass is 19.4. The van der Waals surface area contributed by atoms with E-state index in [2.05, 4.69) is 11.3 Å². The van der Waals surface area contributed by atoms with Gasteiger partial charge in [0, 0.05) is 0 Å². The Bertz CT molecular complexity index is 443. The Morgan fingerprint density at radius 3 is 1.90 bits per heavy atom. The smallest absolute Gasteiger partial charge is 0.419 e. The van der Waals surface area contributed by atoms with Crippen LogP contribution in [0.25, 0.3) is 0 Å². The van der Waals surface area contributed by atoms with Gasteiger partial charge < -0.3 is 10.2 Å². The lowest BCUT2D eigenvalue weighted by Crippen LogP contribution is -2.12. The highest BCUT2D eigenvalue weighted by Gasteiger charge is 2.37. The molecule has 0 spiro atoms. The first-order valence-electron chi connectivity index (χ1n) is 4.79. The second-order valence-electron chi connectivity index (χ2n) is 2.97. The average Bonchev–Trinajstić information content (AvgIpc) is 2.31. The van der Waals surface area contributed by atoms with Gasteiger partial charge in [0.25, 0.3) is 0 Å². The van der Waals surface area contributed by atoms with E-state index in [1.165, 1.54) is 6.26 Å². The first-order valence-corrected chi connectivity index (χ1v) is 4.79. The van der Waals surface area contributed by atoms with Gasteiger partial charge in [0.15, 0.2) is 23.3 Å². The number of hydrogen-bond acceptors (Lipinski definition) is 1. The quantitative estimate of drug-likeness (QED) is 0.356. The molecule has 2 N–H and O–H groups in total. The Morgan fingerprint density at radius 2 is 1.60 bits per heavy atom. The van der Waals surface area contributed by atoms with E-state index in [4.69, 9.17) is 0 Å². The molecule has 0 aliphatic carbocycles. The van der Waals surface area contributed by atoms with E-state index in [0.29, 0.717) is 0 Å². The van der Waals surface area contributed by atoms with Gasteiger partial charge in [-0.1, -0.05) is 6.58 Å². The minimum absolute atomic E-state index is 0. The molecular formula is C11H11F7O2. The molecule has 0 bridgehead atoms. The SMILES string of the molecule is C=COCC.Fc1cc(C(F)(F)F)c(F)c(F)c1F.O. The lowest BCUT2D eigenvalue weighted by atomic mass is 10.2. The predicted octanol–water partition coefficient (Wildman–Crippen LogP) is 3.60. The fourth-order valence-electron chi connectivity index (χ4n) is 0.897. The minimum Gasteiger partial charge on any atom is -0.502 e. The van der Waals surface area contributed by atoms with E-state index in [9.17, 15) is 30.7 Å². The Hall–Kier alpha value is -1.77. The van der Waals surface area contributed by atoms with Crippen molar-refractivity contribution in [1.82, 2.24) is 0 Å². The van der Waals surface area contributed by atoms with E-state index in [1.807, 2.05) is 6.92 Å². The maximum Gasteiger partial charge on any atom is 0.419 e. The van der Waals surface area contributed by atoms with Crippen LogP contribution in [0.3, 0.4) is 0 Å². The van der Waals surface area contributed by atoms with E-state index >= 15 is 0 Å². The van der Waals surface area contributed by atoms with Crippen molar-refractivity contribution in [3.8, 4) is 0 Å². The van der Waals surface area contributed by atoms with Crippen LogP contribution in [0, 0.1) is 23.3 Å². The molecule has 0 radical (unpaired) electrons. The molecule has 0 aliphatic rings. The summed E-state index contributed by atoms with van der Waals surface area (Å²) >= 11 is 0. The first kappa shape index (κ1) is 20.5. The van der Waals surface area contributed by atoms with Crippen LogP contribution in [0.2, 0.25) is 0 Å². The van der Waals surface area contributed by atoms with Crippen LogP contribution in [0.5, 0.6) is 0 Å². The van der Waals surface area contributed by atoms with Gasteiger partial charge in [-0.3, -0.25) is 0 Å². The summed E-state index contributed by atoms with van der Waals surface area (Å²) in [4.78, 5) is 0. The van der Waals surface area contributed by atoms with Crippen molar-refractivity contribution in [2.75, 3.05) is 6.61 Å². The number of halogens is 7. The molecule has 20 heavy (non-hydrogen) atoms. The van der Waals surface area contributed by atoms with Crippen molar-refractivity contribution in [2.45, 2.75) is 13.1 Å². The third-order valence-electron chi connectivity index (χ3n) is 1.69. The molecule has 0 amide bonds. The molecule has 0 saturated carbocycles. The summed E-state index contributed by atoms with van der Waals surface area (Å²) < 4.78 is 89.3. The van der Waals surface area contributed by atoms with Crippen LogP contribution in [0.1, 0.15) is 12.5 Å². The molecule has 1 aromatic carbocycles. The summed E-state index contributed by atoms with van der Waals surface area (Å²) in [5, 5.41) is 0. The fourth-order valence-corrected chi connectivity index (χ4v) is 0.897. The van der Waals surface area contributed by atoms with Crippen molar-refractivity contribution in [3.05, 3.63) is 47.7 Å². The van der Waals surface area contributed by atoms with Crippen LogP contribution in [0.4, 0.5) is 30.7 Å². The number of ether oxygens (including phenoxy) is 1. The number of hydrogen-bond donors (Lipinski definition) is 0. The molecule has 0 saturated heterocycles. The zero-order valence-corrected chi connectivity index (χ0v) is 10.1. The zero-order chi connectivity index (χ0) is 15.2. The summed E-state index contributed by atoms with van der Waals surface area (Å²) in [6.07, 6.45) is -3.83. The summed E-state index contributed by atoms with van der Waals surface area (Å²) in [6.45, 7) is 5.97. The monoisotopic (exact) mass is 308 g/mol. The van der Waals surface area contributed by atoms with Crippen molar-refractivity contribution >= 4 is 0 Å². The molecule has 0 aromatic heterocycles. The van der Waals surface area contributed by atoms with Crippen molar-refractivity contribution in [2.24, 2.45) is 0 Å². The Kier molecular flexibility index (Phi) is 8.64. The maximum absolute atomic E-state index is 12.4. The molecule has 0 atom stereocenters. The van der Waals surface area contributed by atoms with Gasteiger partial charge in [-0.2, -0.15) is 13.2 Å². The zero-order valence-electron chi connectivity index (χ0n) is 10.1. The molecule has 2 nitrogen and oxygen atoms in total. The van der Waals surface area contributed by atoms with Gasteiger partial charge in [0.05, 0.1) is 18.4 Å². The van der Waals surface area contributed by atoms with E-state index in [0.717, 1.165) is 6.61 Å². The number of alkyl halides is 3. The second-order valence-corrected chi connectivity index (χ2v) is 2.97. The Morgan fingerprint density at radius 1 is 1.10 bits per heavy atom. The minimum atomic E-state index is -5.26. The van der Waals surface area contributed by atoms with Crippen LogP contribution >= 0.6 is 0 Å². The normalized spacial score (nSPS) is 10.0. The summed E-state index contributed by atoms with van der Waals surface area (Å²) in [5.41, 5.74) is -2.17. The standard InChI is InChI=1S/C7HF7.C4H8O.H2O/c8-3-1-2(7(12,13)14)4(9)6(11)5(3)10;1-3-5-4-2;/h1H;3H,1,4H2,2H3;1H2. The topological polar surface area (TPSA) is 40.7 Å². The van der Waals surface area contributed by atoms with Gasteiger partial charge in [-0.05, 0) is 13.0 Å². The Balaban J connectivity index is 0. The lowest BCUT2D eigenvalue weighted by Gasteiger charge is -2.08. The predicted molar refractivity (Wildman–Crippen MR) is 56.7 cm³/mol. The fraction of sp³-hybridized carbons (Fsp3) is 0.273. The average molecular weight is 308 g/mol. The van der Waals surface area contributed by atoms with E-state index in [-0.39, 0.29) is 5.48 Å². The van der Waals surface area contributed by atoms with Crippen molar-refractivity contribution in [3.63, 3.8) is 0 Å². The molecule has 116 valence electrons. The Labute approximate surface area is 109 Å². The maximum atomic E-state index is 12.4. The second kappa shape index (κ2) is 8.41. The number of benzene rings is 1. The van der Waals surface area contributed by atoms with Gasteiger partial charge >= 0.3 is 6.18 Å². The van der Waals surface area contributed by atoms with Crippen molar-refractivity contribution < 1.29 is 40.9 Å². The summed E-state index contributed by atoms with van der Waals surface area (Å²) in [7, 11) is 0. The molecule has 1 rings (SSSR count). The third-order valence-corrected chi connectivity index (χ3v) is 1.69. The molecule has 0 unspecified atom stereocenters. The van der Waals surface area contributed by atoms with Crippen molar-refractivity contribution in [1.29, 1.82) is 0 Å². The molecule has 0 aliphatic heterocycles. The number of rotatable bonds is 2. The van der Waals surface area contributed by atoms with Crippen LogP contribution in [-0.4, -0.2) is 12.1 Å².